The van der Waals surface area contributed by atoms with Crippen LogP contribution in [0, 0.1) is 12.8 Å². The third kappa shape index (κ3) is 4.58. The molecule has 1 saturated carbocycles. The Morgan fingerprint density at radius 2 is 2.26 bits per heavy atom. The van der Waals surface area contributed by atoms with E-state index in [4.69, 9.17) is 5.73 Å². The SMILES string of the molecule is Cc1nc(CN[C@H](CC(N)=O)C2CCCCC2)cs1. The number of thiazole rings is 1. The molecule has 1 heterocycles. The summed E-state index contributed by atoms with van der Waals surface area (Å²) in [4.78, 5) is 15.7. The maximum atomic E-state index is 11.2. The zero-order valence-electron chi connectivity index (χ0n) is 11.5. The van der Waals surface area contributed by atoms with Crippen LogP contribution in [0.15, 0.2) is 5.38 Å². The van der Waals surface area contributed by atoms with Gasteiger partial charge in [-0.1, -0.05) is 19.3 Å². The molecule has 19 heavy (non-hydrogen) atoms. The Balaban J connectivity index is 1.90. The van der Waals surface area contributed by atoms with Crippen molar-refractivity contribution in [2.75, 3.05) is 0 Å². The molecule has 1 aliphatic carbocycles. The van der Waals surface area contributed by atoms with Gasteiger partial charge in [-0.05, 0) is 25.7 Å². The van der Waals surface area contributed by atoms with Gasteiger partial charge in [0.1, 0.15) is 0 Å². The van der Waals surface area contributed by atoms with Crippen LogP contribution in [0.2, 0.25) is 0 Å². The minimum Gasteiger partial charge on any atom is -0.370 e. The van der Waals surface area contributed by atoms with Gasteiger partial charge in [-0.3, -0.25) is 4.79 Å². The highest BCUT2D eigenvalue weighted by molar-refractivity contribution is 7.09. The van der Waals surface area contributed by atoms with E-state index in [1.807, 2.05) is 6.92 Å². The van der Waals surface area contributed by atoms with Gasteiger partial charge in [0, 0.05) is 24.4 Å². The minimum absolute atomic E-state index is 0.208. The fraction of sp³-hybridized carbons (Fsp3) is 0.714. The minimum atomic E-state index is -0.211. The van der Waals surface area contributed by atoms with Gasteiger partial charge < -0.3 is 11.1 Å². The summed E-state index contributed by atoms with van der Waals surface area (Å²) < 4.78 is 0. The molecule has 1 atom stereocenters. The lowest BCUT2D eigenvalue weighted by molar-refractivity contribution is -0.118. The van der Waals surface area contributed by atoms with Gasteiger partial charge in [0.05, 0.1) is 10.7 Å². The average molecular weight is 281 g/mol. The van der Waals surface area contributed by atoms with Gasteiger partial charge in [0.15, 0.2) is 0 Å². The van der Waals surface area contributed by atoms with Gasteiger partial charge in [-0.15, -0.1) is 11.3 Å². The van der Waals surface area contributed by atoms with Crippen LogP contribution in [0.1, 0.15) is 49.2 Å². The number of carbonyl (C=O) groups is 1. The molecule has 0 spiro atoms. The van der Waals surface area contributed by atoms with Crippen molar-refractivity contribution in [3.05, 3.63) is 16.1 Å². The fourth-order valence-corrected chi connectivity index (χ4v) is 3.50. The molecule has 2 rings (SSSR count). The summed E-state index contributed by atoms with van der Waals surface area (Å²) in [5, 5.41) is 6.65. The molecule has 1 fully saturated rings. The standard InChI is InChI=1S/C14H23N3OS/c1-10-17-12(9-19-10)8-16-13(7-14(15)18)11-5-3-2-4-6-11/h9,11,13,16H,2-8H2,1H3,(H2,15,18)/t13-/m1/s1. The maximum absolute atomic E-state index is 11.2. The Morgan fingerprint density at radius 1 is 1.53 bits per heavy atom. The third-order valence-corrected chi connectivity index (χ3v) is 4.67. The summed E-state index contributed by atoms with van der Waals surface area (Å²) in [5.41, 5.74) is 6.44. The van der Waals surface area contributed by atoms with Crippen LogP contribution < -0.4 is 11.1 Å². The largest absolute Gasteiger partial charge is 0.370 e. The summed E-state index contributed by atoms with van der Waals surface area (Å²) in [6, 6.07) is 0.208. The smallest absolute Gasteiger partial charge is 0.218 e. The number of amides is 1. The van der Waals surface area contributed by atoms with Crippen LogP contribution in [0.3, 0.4) is 0 Å². The molecule has 0 aromatic carbocycles. The predicted molar refractivity (Wildman–Crippen MR) is 77.9 cm³/mol. The van der Waals surface area contributed by atoms with Crippen LogP contribution in [0.4, 0.5) is 0 Å². The zero-order chi connectivity index (χ0) is 13.7. The Hall–Kier alpha value is -0.940. The molecule has 1 amide bonds. The van der Waals surface area contributed by atoms with E-state index in [-0.39, 0.29) is 11.9 Å². The van der Waals surface area contributed by atoms with E-state index in [2.05, 4.69) is 15.7 Å². The van der Waals surface area contributed by atoms with Crippen LogP contribution >= 0.6 is 11.3 Å². The molecule has 1 aromatic heterocycles. The summed E-state index contributed by atoms with van der Waals surface area (Å²) in [6.45, 7) is 2.75. The Kier molecular flexibility index (Phi) is 5.34. The second-order valence-electron chi connectivity index (χ2n) is 5.41. The highest BCUT2D eigenvalue weighted by Gasteiger charge is 2.24. The first-order chi connectivity index (χ1) is 9.15. The number of hydrogen-bond acceptors (Lipinski definition) is 4. The highest BCUT2D eigenvalue weighted by Crippen LogP contribution is 2.28. The van der Waals surface area contributed by atoms with Crippen molar-refractivity contribution in [1.82, 2.24) is 10.3 Å². The highest BCUT2D eigenvalue weighted by atomic mass is 32.1. The molecule has 0 radical (unpaired) electrons. The van der Waals surface area contributed by atoms with E-state index in [0.29, 0.717) is 12.3 Å². The number of nitrogens with zero attached hydrogens (tertiary/aromatic N) is 1. The van der Waals surface area contributed by atoms with Crippen molar-refractivity contribution in [3.8, 4) is 0 Å². The van der Waals surface area contributed by atoms with Gasteiger partial charge in [0.2, 0.25) is 5.91 Å². The number of nitrogens with two attached hydrogens (primary N) is 1. The number of aryl methyl sites for hydroxylation is 1. The fourth-order valence-electron chi connectivity index (χ4n) is 2.88. The molecule has 1 aromatic rings. The number of hydrogen-bond donors (Lipinski definition) is 2. The van der Waals surface area contributed by atoms with Crippen LogP contribution in [0.25, 0.3) is 0 Å². The Morgan fingerprint density at radius 3 is 2.84 bits per heavy atom. The molecule has 106 valence electrons. The molecule has 3 N–H and O–H groups in total. The molecule has 0 bridgehead atoms. The first-order valence-corrected chi connectivity index (χ1v) is 7.96. The number of primary amides is 1. The maximum Gasteiger partial charge on any atom is 0.218 e. The summed E-state index contributed by atoms with van der Waals surface area (Å²) >= 11 is 1.66. The average Bonchev–Trinajstić information content (AvgIpc) is 2.81. The topological polar surface area (TPSA) is 68.0 Å². The number of rotatable bonds is 6. The summed E-state index contributed by atoms with van der Waals surface area (Å²) in [5.74, 6) is 0.374. The molecular formula is C14H23N3OS. The first-order valence-electron chi connectivity index (χ1n) is 7.08. The second-order valence-corrected chi connectivity index (χ2v) is 6.48. The van der Waals surface area contributed by atoms with Crippen molar-refractivity contribution in [1.29, 1.82) is 0 Å². The molecule has 1 aliphatic rings. The normalized spacial score (nSPS) is 18.4. The van der Waals surface area contributed by atoms with Crippen LogP contribution in [0.5, 0.6) is 0 Å². The lowest BCUT2D eigenvalue weighted by atomic mass is 9.82. The second kappa shape index (κ2) is 7.01. The van der Waals surface area contributed by atoms with Crippen LogP contribution in [-0.4, -0.2) is 16.9 Å². The van der Waals surface area contributed by atoms with Gasteiger partial charge in [0.25, 0.3) is 0 Å². The Labute approximate surface area is 118 Å². The first kappa shape index (κ1) is 14.5. The van der Waals surface area contributed by atoms with Crippen molar-refractivity contribution < 1.29 is 4.79 Å². The summed E-state index contributed by atoms with van der Waals surface area (Å²) in [7, 11) is 0. The van der Waals surface area contributed by atoms with E-state index in [1.54, 1.807) is 11.3 Å². The van der Waals surface area contributed by atoms with E-state index in [1.165, 1.54) is 32.1 Å². The monoisotopic (exact) mass is 281 g/mol. The van der Waals surface area contributed by atoms with Crippen molar-refractivity contribution in [2.45, 2.75) is 58.0 Å². The Bertz CT molecular complexity index is 413. The quantitative estimate of drug-likeness (QED) is 0.841. The predicted octanol–water partition coefficient (Wildman–Crippen LogP) is 2.37. The van der Waals surface area contributed by atoms with Crippen molar-refractivity contribution >= 4 is 17.2 Å². The lowest BCUT2D eigenvalue weighted by Gasteiger charge is -2.30. The number of aromatic nitrogens is 1. The van der Waals surface area contributed by atoms with E-state index < -0.39 is 0 Å². The summed E-state index contributed by atoms with van der Waals surface area (Å²) in [6.07, 6.45) is 6.73. The molecule has 0 aliphatic heterocycles. The molecule has 5 heteroatoms. The molecule has 0 saturated heterocycles. The van der Waals surface area contributed by atoms with Gasteiger partial charge in [-0.25, -0.2) is 4.98 Å². The third-order valence-electron chi connectivity index (χ3n) is 3.85. The molecule has 0 unspecified atom stereocenters. The van der Waals surface area contributed by atoms with E-state index in [0.717, 1.165) is 17.2 Å². The number of nitrogens with one attached hydrogen (secondary N) is 1. The van der Waals surface area contributed by atoms with E-state index in [9.17, 15) is 4.79 Å². The van der Waals surface area contributed by atoms with Crippen molar-refractivity contribution in [3.63, 3.8) is 0 Å². The lowest BCUT2D eigenvalue weighted by Crippen LogP contribution is -2.40. The van der Waals surface area contributed by atoms with Crippen LogP contribution in [-0.2, 0) is 11.3 Å². The number of carbonyl (C=O) groups excluding carboxylic acids is 1. The molecule has 4 nitrogen and oxygen atoms in total. The van der Waals surface area contributed by atoms with Gasteiger partial charge in [-0.2, -0.15) is 0 Å². The van der Waals surface area contributed by atoms with Gasteiger partial charge >= 0.3 is 0 Å². The van der Waals surface area contributed by atoms with E-state index >= 15 is 0 Å². The molecular weight excluding hydrogens is 258 g/mol. The van der Waals surface area contributed by atoms with Crippen molar-refractivity contribution in [2.24, 2.45) is 11.7 Å². The zero-order valence-corrected chi connectivity index (χ0v) is 12.3.